The fraction of sp³-hybridized carbons (Fsp3) is 0.278. The van der Waals surface area contributed by atoms with Crippen molar-refractivity contribution in [1.29, 1.82) is 0 Å². The van der Waals surface area contributed by atoms with E-state index in [-0.39, 0.29) is 5.91 Å². The number of hydrogen-bond acceptors (Lipinski definition) is 3. The quantitative estimate of drug-likeness (QED) is 0.803. The minimum Gasteiger partial charge on any atom is -0.495 e. The first-order chi connectivity index (χ1) is 10.6. The highest BCUT2D eigenvalue weighted by molar-refractivity contribution is 5.91. The zero-order chi connectivity index (χ0) is 15.9. The number of carbonyl (C=O) groups is 1. The second-order valence-electron chi connectivity index (χ2n) is 5.14. The molecule has 22 heavy (non-hydrogen) atoms. The zero-order valence-electron chi connectivity index (χ0n) is 13.1. The Morgan fingerprint density at radius 1 is 1.23 bits per heavy atom. The van der Waals surface area contributed by atoms with E-state index in [1.807, 2.05) is 42.5 Å². The van der Waals surface area contributed by atoms with Crippen LogP contribution in [0.15, 0.2) is 42.5 Å². The van der Waals surface area contributed by atoms with Crippen molar-refractivity contribution in [1.82, 2.24) is 0 Å². The molecule has 0 aromatic heterocycles. The molecule has 0 fully saturated rings. The van der Waals surface area contributed by atoms with Gasteiger partial charge in [0.05, 0.1) is 12.8 Å². The normalized spacial score (nSPS) is 10.3. The van der Waals surface area contributed by atoms with Gasteiger partial charge in [0.2, 0.25) is 5.91 Å². The van der Waals surface area contributed by atoms with Crippen molar-refractivity contribution in [2.24, 2.45) is 0 Å². The average Bonchev–Trinajstić information content (AvgIpc) is 2.53. The molecule has 0 radical (unpaired) electrons. The highest BCUT2D eigenvalue weighted by atomic mass is 16.5. The smallest absolute Gasteiger partial charge is 0.224 e. The lowest BCUT2D eigenvalue weighted by molar-refractivity contribution is -0.116. The zero-order valence-corrected chi connectivity index (χ0v) is 13.1. The molecule has 0 bridgehead atoms. The second-order valence-corrected chi connectivity index (χ2v) is 5.14. The maximum absolute atomic E-state index is 12.1. The van der Waals surface area contributed by atoms with E-state index >= 15 is 0 Å². The lowest BCUT2D eigenvalue weighted by atomic mass is 10.1. The van der Waals surface area contributed by atoms with Gasteiger partial charge in [0.15, 0.2) is 0 Å². The molecule has 0 aliphatic carbocycles. The summed E-state index contributed by atoms with van der Waals surface area (Å²) in [5, 5.41) is 2.97. The largest absolute Gasteiger partial charge is 0.495 e. The Bertz CT molecular complexity index is 653. The number of para-hydroxylation sites is 1. The maximum Gasteiger partial charge on any atom is 0.224 e. The number of nitrogens with one attached hydrogen (secondary N) is 1. The lowest BCUT2D eigenvalue weighted by Gasteiger charge is -2.10. The van der Waals surface area contributed by atoms with Crippen LogP contribution in [0.1, 0.15) is 24.5 Å². The predicted molar refractivity (Wildman–Crippen MR) is 90.2 cm³/mol. The van der Waals surface area contributed by atoms with Gasteiger partial charge in [0.25, 0.3) is 0 Å². The fourth-order valence-electron chi connectivity index (χ4n) is 2.36. The Morgan fingerprint density at radius 2 is 2.00 bits per heavy atom. The van der Waals surface area contributed by atoms with Crippen molar-refractivity contribution in [3.05, 3.63) is 53.6 Å². The molecule has 1 amide bonds. The van der Waals surface area contributed by atoms with Crippen molar-refractivity contribution in [3.63, 3.8) is 0 Å². The molecule has 0 spiro atoms. The lowest BCUT2D eigenvalue weighted by Crippen LogP contribution is -2.13. The summed E-state index contributed by atoms with van der Waals surface area (Å²) < 4.78 is 5.13. The molecule has 0 saturated heterocycles. The summed E-state index contributed by atoms with van der Waals surface area (Å²) in [6, 6.07) is 13.5. The summed E-state index contributed by atoms with van der Waals surface area (Å²) in [6.07, 6.45) is 1.96. The predicted octanol–water partition coefficient (Wildman–Crippen LogP) is 3.41. The summed E-state index contributed by atoms with van der Waals surface area (Å²) in [4.78, 5) is 12.1. The fourth-order valence-corrected chi connectivity index (χ4v) is 2.36. The number of hydrogen-bond donors (Lipinski definition) is 2. The van der Waals surface area contributed by atoms with Crippen LogP contribution in [0.5, 0.6) is 5.75 Å². The van der Waals surface area contributed by atoms with Crippen LogP contribution in [0.3, 0.4) is 0 Å². The number of ether oxygens (including phenoxy) is 1. The molecule has 4 nitrogen and oxygen atoms in total. The number of benzene rings is 2. The van der Waals surface area contributed by atoms with Gasteiger partial charge in [-0.15, -0.1) is 0 Å². The Labute approximate surface area is 131 Å². The Kier molecular flexibility index (Phi) is 5.42. The summed E-state index contributed by atoms with van der Waals surface area (Å²) in [7, 11) is 1.59. The molecule has 4 heteroatoms. The third-order valence-electron chi connectivity index (χ3n) is 3.61. The third kappa shape index (κ3) is 4.01. The van der Waals surface area contributed by atoms with Gasteiger partial charge in [0.1, 0.15) is 5.75 Å². The van der Waals surface area contributed by atoms with E-state index < -0.39 is 0 Å². The first-order valence-corrected chi connectivity index (χ1v) is 7.44. The van der Waals surface area contributed by atoms with E-state index in [9.17, 15) is 4.79 Å². The van der Waals surface area contributed by atoms with Crippen molar-refractivity contribution in [3.8, 4) is 5.75 Å². The SMILES string of the molecule is CCc1ccccc1NC(=O)CCc1ccc(OC)c(N)c1. The van der Waals surface area contributed by atoms with Gasteiger partial charge in [-0.1, -0.05) is 31.2 Å². The number of rotatable bonds is 6. The number of methoxy groups -OCH3 is 1. The summed E-state index contributed by atoms with van der Waals surface area (Å²) in [5.74, 6) is 0.667. The van der Waals surface area contributed by atoms with Gasteiger partial charge in [-0.25, -0.2) is 0 Å². The van der Waals surface area contributed by atoms with Crippen LogP contribution < -0.4 is 15.8 Å². The summed E-state index contributed by atoms with van der Waals surface area (Å²) in [5.41, 5.74) is 9.53. The molecule has 0 saturated carbocycles. The molecular weight excluding hydrogens is 276 g/mol. The first kappa shape index (κ1) is 15.9. The third-order valence-corrected chi connectivity index (χ3v) is 3.61. The van der Waals surface area contributed by atoms with Gasteiger partial charge in [-0.05, 0) is 42.2 Å². The maximum atomic E-state index is 12.1. The number of carbonyl (C=O) groups excluding carboxylic acids is 1. The minimum absolute atomic E-state index is 0.00953. The van der Waals surface area contributed by atoms with Crippen LogP contribution >= 0.6 is 0 Å². The highest BCUT2D eigenvalue weighted by Gasteiger charge is 2.07. The molecule has 2 aromatic rings. The van der Waals surface area contributed by atoms with Gasteiger partial charge < -0.3 is 15.8 Å². The summed E-state index contributed by atoms with van der Waals surface area (Å²) in [6.45, 7) is 2.07. The van der Waals surface area contributed by atoms with Crippen molar-refractivity contribution in [2.75, 3.05) is 18.2 Å². The number of nitrogen functional groups attached to an aromatic ring is 1. The Morgan fingerprint density at radius 3 is 2.68 bits per heavy atom. The van der Waals surface area contributed by atoms with Crippen LogP contribution in [-0.2, 0) is 17.6 Å². The van der Waals surface area contributed by atoms with E-state index in [2.05, 4.69) is 12.2 Å². The molecule has 2 rings (SSSR count). The molecule has 0 aliphatic rings. The van der Waals surface area contributed by atoms with Crippen molar-refractivity contribution < 1.29 is 9.53 Å². The molecular formula is C18H22N2O2. The van der Waals surface area contributed by atoms with Crippen LogP contribution in [0, 0.1) is 0 Å². The van der Waals surface area contributed by atoms with Crippen molar-refractivity contribution >= 4 is 17.3 Å². The number of anilines is 2. The van der Waals surface area contributed by atoms with Gasteiger partial charge in [0, 0.05) is 12.1 Å². The Balaban J connectivity index is 1.94. The van der Waals surface area contributed by atoms with E-state index in [4.69, 9.17) is 10.5 Å². The van der Waals surface area contributed by atoms with E-state index in [1.165, 1.54) is 0 Å². The first-order valence-electron chi connectivity index (χ1n) is 7.44. The van der Waals surface area contributed by atoms with E-state index in [1.54, 1.807) is 7.11 Å². The number of amides is 1. The van der Waals surface area contributed by atoms with E-state index in [0.717, 1.165) is 23.2 Å². The van der Waals surface area contributed by atoms with Crippen molar-refractivity contribution in [2.45, 2.75) is 26.2 Å². The molecule has 0 atom stereocenters. The second kappa shape index (κ2) is 7.50. The molecule has 0 aliphatic heterocycles. The monoisotopic (exact) mass is 298 g/mol. The van der Waals surface area contributed by atoms with Crippen LogP contribution in [0.2, 0.25) is 0 Å². The molecule has 2 aromatic carbocycles. The van der Waals surface area contributed by atoms with Crippen LogP contribution in [0.25, 0.3) is 0 Å². The molecule has 3 N–H and O–H groups in total. The number of nitrogens with two attached hydrogens (primary N) is 1. The van der Waals surface area contributed by atoms with Gasteiger partial charge in [-0.3, -0.25) is 4.79 Å². The molecule has 0 unspecified atom stereocenters. The number of aryl methyl sites for hydroxylation is 2. The average molecular weight is 298 g/mol. The topological polar surface area (TPSA) is 64.3 Å². The summed E-state index contributed by atoms with van der Waals surface area (Å²) >= 11 is 0. The van der Waals surface area contributed by atoms with Gasteiger partial charge >= 0.3 is 0 Å². The molecule has 0 heterocycles. The minimum atomic E-state index is 0.00953. The van der Waals surface area contributed by atoms with E-state index in [0.29, 0.717) is 24.3 Å². The standard InChI is InChI=1S/C18H22N2O2/c1-3-14-6-4-5-7-16(14)20-18(21)11-9-13-8-10-17(22-2)15(19)12-13/h4-8,10,12H,3,9,11,19H2,1-2H3,(H,20,21). The molecule has 116 valence electrons. The highest BCUT2D eigenvalue weighted by Crippen LogP contribution is 2.22. The van der Waals surface area contributed by atoms with Crippen LogP contribution in [0.4, 0.5) is 11.4 Å². The van der Waals surface area contributed by atoms with Gasteiger partial charge in [-0.2, -0.15) is 0 Å². The van der Waals surface area contributed by atoms with Crippen LogP contribution in [-0.4, -0.2) is 13.0 Å². The Hall–Kier alpha value is -2.49.